The first-order valence-corrected chi connectivity index (χ1v) is 8.27. The normalized spacial score (nSPS) is 12.2. The molecule has 2 aromatic carbocycles. The van der Waals surface area contributed by atoms with Crippen LogP contribution in [-0.4, -0.2) is 23.9 Å². The van der Waals surface area contributed by atoms with Crippen LogP contribution in [0.5, 0.6) is 0 Å². The standard InChI is InChI=1S/C19H23ClN2O/c1-3-22(13-16-7-5-4-6-8-16)14-19(23)21-15(2)17-9-11-18(20)12-10-17/h4-12,15H,3,13-14H2,1-2H3,(H,21,23)/t15-/m0/s1. The fourth-order valence-corrected chi connectivity index (χ4v) is 2.57. The zero-order chi connectivity index (χ0) is 16.7. The Bertz CT molecular complexity index is 613. The monoisotopic (exact) mass is 330 g/mol. The van der Waals surface area contributed by atoms with E-state index in [-0.39, 0.29) is 11.9 Å². The highest BCUT2D eigenvalue weighted by molar-refractivity contribution is 6.30. The van der Waals surface area contributed by atoms with Gasteiger partial charge in [0.25, 0.3) is 0 Å². The van der Waals surface area contributed by atoms with Gasteiger partial charge in [0.2, 0.25) is 5.91 Å². The molecule has 0 saturated heterocycles. The first-order valence-electron chi connectivity index (χ1n) is 7.89. The van der Waals surface area contributed by atoms with Crippen LogP contribution in [0.3, 0.4) is 0 Å². The van der Waals surface area contributed by atoms with Crippen molar-refractivity contribution in [2.24, 2.45) is 0 Å². The van der Waals surface area contributed by atoms with Crippen LogP contribution in [-0.2, 0) is 11.3 Å². The predicted octanol–water partition coefficient (Wildman–Crippen LogP) is 4.04. The lowest BCUT2D eigenvalue weighted by atomic mass is 10.1. The molecule has 0 fully saturated rings. The van der Waals surface area contributed by atoms with E-state index < -0.39 is 0 Å². The van der Waals surface area contributed by atoms with Crippen LogP contribution in [0.15, 0.2) is 54.6 Å². The van der Waals surface area contributed by atoms with Gasteiger partial charge in [-0.05, 0) is 36.7 Å². The van der Waals surface area contributed by atoms with Crippen LogP contribution in [0.25, 0.3) is 0 Å². The lowest BCUT2D eigenvalue weighted by molar-refractivity contribution is -0.123. The van der Waals surface area contributed by atoms with Gasteiger partial charge in [-0.25, -0.2) is 0 Å². The SMILES string of the molecule is CCN(CC(=O)N[C@@H](C)c1ccc(Cl)cc1)Cc1ccccc1. The Morgan fingerprint density at radius 3 is 2.39 bits per heavy atom. The highest BCUT2D eigenvalue weighted by Gasteiger charge is 2.13. The van der Waals surface area contributed by atoms with Crippen molar-refractivity contribution >= 4 is 17.5 Å². The van der Waals surface area contributed by atoms with Crippen LogP contribution in [0.1, 0.15) is 31.0 Å². The molecule has 2 aromatic rings. The molecule has 0 spiro atoms. The summed E-state index contributed by atoms with van der Waals surface area (Å²) in [5.74, 6) is 0.0326. The number of rotatable bonds is 7. The van der Waals surface area contributed by atoms with E-state index in [1.165, 1.54) is 5.56 Å². The van der Waals surface area contributed by atoms with E-state index >= 15 is 0 Å². The van der Waals surface area contributed by atoms with Crippen molar-refractivity contribution < 1.29 is 4.79 Å². The zero-order valence-electron chi connectivity index (χ0n) is 13.6. The lowest BCUT2D eigenvalue weighted by Gasteiger charge is -2.22. The molecule has 0 unspecified atom stereocenters. The second-order valence-corrected chi connectivity index (χ2v) is 6.07. The van der Waals surface area contributed by atoms with Gasteiger partial charge >= 0.3 is 0 Å². The van der Waals surface area contributed by atoms with E-state index in [1.54, 1.807) is 0 Å². The van der Waals surface area contributed by atoms with Crippen molar-refractivity contribution in [2.45, 2.75) is 26.4 Å². The summed E-state index contributed by atoms with van der Waals surface area (Å²) in [4.78, 5) is 14.4. The number of nitrogens with one attached hydrogen (secondary N) is 1. The molecule has 0 aliphatic carbocycles. The van der Waals surface area contributed by atoms with Gasteiger partial charge in [0.1, 0.15) is 0 Å². The molecule has 1 amide bonds. The van der Waals surface area contributed by atoms with Crippen molar-refractivity contribution in [1.82, 2.24) is 10.2 Å². The van der Waals surface area contributed by atoms with E-state index in [0.29, 0.717) is 11.6 Å². The molecular weight excluding hydrogens is 308 g/mol. The van der Waals surface area contributed by atoms with Crippen molar-refractivity contribution in [3.63, 3.8) is 0 Å². The van der Waals surface area contributed by atoms with Gasteiger partial charge in [-0.1, -0.05) is 61.0 Å². The van der Waals surface area contributed by atoms with Crippen LogP contribution in [0.2, 0.25) is 5.02 Å². The Labute approximate surface area is 143 Å². The summed E-state index contributed by atoms with van der Waals surface area (Å²) in [5.41, 5.74) is 2.27. The molecule has 0 heterocycles. The van der Waals surface area contributed by atoms with Gasteiger partial charge in [0.15, 0.2) is 0 Å². The Kier molecular flexibility index (Phi) is 6.63. The summed E-state index contributed by atoms with van der Waals surface area (Å²) < 4.78 is 0. The maximum Gasteiger partial charge on any atom is 0.234 e. The minimum Gasteiger partial charge on any atom is -0.348 e. The number of nitrogens with zero attached hydrogens (tertiary/aromatic N) is 1. The van der Waals surface area contributed by atoms with Crippen molar-refractivity contribution in [3.05, 3.63) is 70.7 Å². The minimum atomic E-state index is -0.0322. The van der Waals surface area contributed by atoms with Gasteiger partial charge in [-0.15, -0.1) is 0 Å². The van der Waals surface area contributed by atoms with E-state index in [2.05, 4.69) is 29.3 Å². The Hall–Kier alpha value is -1.84. The average molecular weight is 331 g/mol. The first kappa shape index (κ1) is 17.5. The van der Waals surface area contributed by atoms with Gasteiger partial charge < -0.3 is 5.32 Å². The molecule has 0 radical (unpaired) electrons. The first-order chi connectivity index (χ1) is 11.1. The highest BCUT2D eigenvalue weighted by atomic mass is 35.5. The number of likely N-dealkylation sites (N-methyl/N-ethyl adjacent to an activating group) is 1. The van der Waals surface area contributed by atoms with E-state index in [9.17, 15) is 4.79 Å². The third-order valence-electron chi connectivity index (χ3n) is 3.81. The maximum absolute atomic E-state index is 12.3. The number of hydrogen-bond acceptors (Lipinski definition) is 2. The molecule has 0 aromatic heterocycles. The van der Waals surface area contributed by atoms with Crippen molar-refractivity contribution in [3.8, 4) is 0 Å². The quantitative estimate of drug-likeness (QED) is 0.831. The molecule has 1 N–H and O–H groups in total. The van der Waals surface area contributed by atoms with Gasteiger partial charge in [-0.2, -0.15) is 0 Å². The largest absolute Gasteiger partial charge is 0.348 e. The second kappa shape index (κ2) is 8.70. The van der Waals surface area contributed by atoms with E-state index in [1.807, 2.05) is 49.4 Å². The second-order valence-electron chi connectivity index (χ2n) is 5.63. The summed E-state index contributed by atoms with van der Waals surface area (Å²) >= 11 is 5.89. The number of amides is 1. The highest BCUT2D eigenvalue weighted by Crippen LogP contribution is 2.16. The predicted molar refractivity (Wildman–Crippen MR) is 95.4 cm³/mol. The Balaban J connectivity index is 1.88. The molecule has 4 heteroatoms. The number of hydrogen-bond donors (Lipinski definition) is 1. The summed E-state index contributed by atoms with van der Waals surface area (Å²) in [6.07, 6.45) is 0. The van der Waals surface area contributed by atoms with Crippen LogP contribution >= 0.6 is 11.6 Å². The summed E-state index contributed by atoms with van der Waals surface area (Å²) in [7, 11) is 0. The van der Waals surface area contributed by atoms with Crippen LogP contribution in [0.4, 0.5) is 0 Å². The zero-order valence-corrected chi connectivity index (χ0v) is 14.4. The number of benzene rings is 2. The smallest absolute Gasteiger partial charge is 0.234 e. The fraction of sp³-hybridized carbons (Fsp3) is 0.316. The number of carbonyl (C=O) groups is 1. The molecule has 122 valence electrons. The maximum atomic E-state index is 12.3. The van der Waals surface area contributed by atoms with E-state index in [4.69, 9.17) is 11.6 Å². The minimum absolute atomic E-state index is 0.0322. The molecule has 0 bridgehead atoms. The number of carbonyl (C=O) groups excluding carboxylic acids is 1. The summed E-state index contributed by atoms with van der Waals surface area (Å²) in [5, 5.41) is 3.74. The molecule has 0 aliphatic rings. The average Bonchev–Trinajstić information content (AvgIpc) is 2.55. The Morgan fingerprint density at radius 2 is 1.78 bits per heavy atom. The molecule has 1 atom stereocenters. The van der Waals surface area contributed by atoms with Crippen molar-refractivity contribution in [1.29, 1.82) is 0 Å². The van der Waals surface area contributed by atoms with Gasteiger partial charge in [0, 0.05) is 11.6 Å². The molecular formula is C19H23ClN2O. The van der Waals surface area contributed by atoms with E-state index in [0.717, 1.165) is 18.7 Å². The molecule has 3 nitrogen and oxygen atoms in total. The summed E-state index contributed by atoms with van der Waals surface area (Å²) in [6.45, 7) is 6.05. The molecule has 0 aliphatic heterocycles. The molecule has 2 rings (SSSR count). The lowest BCUT2D eigenvalue weighted by Crippen LogP contribution is -2.37. The third kappa shape index (κ3) is 5.70. The Morgan fingerprint density at radius 1 is 1.13 bits per heavy atom. The van der Waals surface area contributed by atoms with Gasteiger partial charge in [0.05, 0.1) is 12.6 Å². The number of halogens is 1. The molecule has 23 heavy (non-hydrogen) atoms. The molecule has 0 saturated carbocycles. The van der Waals surface area contributed by atoms with Crippen molar-refractivity contribution in [2.75, 3.05) is 13.1 Å². The van der Waals surface area contributed by atoms with Gasteiger partial charge in [-0.3, -0.25) is 9.69 Å². The summed E-state index contributed by atoms with van der Waals surface area (Å²) in [6, 6.07) is 17.7. The fourth-order valence-electron chi connectivity index (χ4n) is 2.45. The topological polar surface area (TPSA) is 32.3 Å². The third-order valence-corrected chi connectivity index (χ3v) is 4.06. The van der Waals surface area contributed by atoms with Crippen LogP contribution in [0, 0.1) is 0 Å². The van der Waals surface area contributed by atoms with Crippen LogP contribution < -0.4 is 5.32 Å².